The van der Waals surface area contributed by atoms with Crippen molar-refractivity contribution in [3.8, 4) is 0 Å². The van der Waals surface area contributed by atoms with Crippen molar-refractivity contribution in [2.75, 3.05) is 13.1 Å². The molecule has 1 heterocycles. The molecule has 1 aromatic carbocycles. The van der Waals surface area contributed by atoms with Crippen molar-refractivity contribution < 1.29 is 4.39 Å². The van der Waals surface area contributed by atoms with Gasteiger partial charge in [-0.2, -0.15) is 0 Å². The molecule has 1 nitrogen and oxygen atoms in total. The smallest absolute Gasteiger partial charge is 0.117 e. The summed E-state index contributed by atoms with van der Waals surface area (Å²) in [5.74, 6) is 0.105. The molecule has 3 heteroatoms. The van der Waals surface area contributed by atoms with E-state index < -0.39 is 6.17 Å². The third kappa shape index (κ3) is 2.25. The Morgan fingerprint density at radius 3 is 2.93 bits per heavy atom. The van der Waals surface area contributed by atoms with Gasteiger partial charge in [-0.15, -0.1) is 0 Å². The number of hydrogen-bond donors (Lipinski definition) is 1. The number of rotatable bonds is 2. The summed E-state index contributed by atoms with van der Waals surface area (Å²) in [5, 5.41) is 3.77. The molecular weight excluding hydrogens is 201 g/mol. The Morgan fingerprint density at radius 1 is 1.43 bits per heavy atom. The van der Waals surface area contributed by atoms with E-state index in [4.69, 9.17) is 11.6 Å². The number of alkyl halides is 1. The molecule has 0 spiro atoms. The minimum atomic E-state index is -0.714. The van der Waals surface area contributed by atoms with E-state index in [0.717, 1.165) is 23.6 Å². The van der Waals surface area contributed by atoms with Gasteiger partial charge in [-0.05, 0) is 24.1 Å². The zero-order valence-electron chi connectivity index (χ0n) is 7.84. The van der Waals surface area contributed by atoms with Crippen LogP contribution in [0.5, 0.6) is 0 Å². The van der Waals surface area contributed by atoms with Gasteiger partial charge in [0.05, 0.1) is 0 Å². The van der Waals surface area contributed by atoms with Crippen molar-refractivity contribution >= 4 is 11.6 Å². The summed E-state index contributed by atoms with van der Waals surface area (Å²) in [7, 11) is 0. The molecule has 0 aliphatic carbocycles. The minimum absolute atomic E-state index is 0.105. The number of benzene rings is 1. The topological polar surface area (TPSA) is 12.0 Å². The van der Waals surface area contributed by atoms with Crippen LogP contribution >= 0.6 is 11.6 Å². The molecule has 1 fully saturated rings. The van der Waals surface area contributed by atoms with Crippen LogP contribution in [0, 0.1) is 5.92 Å². The average Bonchev–Trinajstić information content (AvgIpc) is 2.52. The molecule has 2 unspecified atom stereocenters. The molecule has 76 valence electrons. The van der Waals surface area contributed by atoms with Crippen LogP contribution in [0.1, 0.15) is 5.56 Å². The van der Waals surface area contributed by atoms with E-state index in [9.17, 15) is 4.39 Å². The van der Waals surface area contributed by atoms with Crippen LogP contribution in [-0.4, -0.2) is 19.3 Å². The van der Waals surface area contributed by atoms with E-state index in [1.807, 2.05) is 24.3 Å². The lowest BCUT2D eigenvalue weighted by Crippen LogP contribution is -2.15. The van der Waals surface area contributed by atoms with Crippen LogP contribution < -0.4 is 5.32 Å². The zero-order valence-corrected chi connectivity index (χ0v) is 8.60. The van der Waals surface area contributed by atoms with E-state index in [1.54, 1.807) is 0 Å². The highest BCUT2D eigenvalue weighted by Gasteiger charge is 2.26. The molecule has 1 aromatic rings. The van der Waals surface area contributed by atoms with Gasteiger partial charge >= 0.3 is 0 Å². The second-order valence-electron chi connectivity index (χ2n) is 3.77. The van der Waals surface area contributed by atoms with Crippen LogP contribution in [0.3, 0.4) is 0 Å². The first-order valence-corrected chi connectivity index (χ1v) is 5.23. The predicted octanol–water partition coefficient (Wildman–Crippen LogP) is 2.44. The summed E-state index contributed by atoms with van der Waals surface area (Å²) in [6.45, 7) is 1.26. The van der Waals surface area contributed by atoms with E-state index in [0.29, 0.717) is 6.54 Å². The lowest BCUT2D eigenvalue weighted by atomic mass is 9.97. The fourth-order valence-corrected chi connectivity index (χ4v) is 2.08. The third-order valence-electron chi connectivity index (χ3n) is 2.64. The summed E-state index contributed by atoms with van der Waals surface area (Å²) in [6.07, 6.45) is 0.0586. The monoisotopic (exact) mass is 213 g/mol. The second-order valence-corrected chi connectivity index (χ2v) is 4.20. The van der Waals surface area contributed by atoms with Crippen LogP contribution in [0.2, 0.25) is 5.02 Å². The molecule has 14 heavy (non-hydrogen) atoms. The molecule has 2 rings (SSSR count). The van der Waals surface area contributed by atoms with Crippen LogP contribution in [0.25, 0.3) is 0 Å². The summed E-state index contributed by atoms with van der Waals surface area (Å²) < 4.78 is 13.3. The van der Waals surface area contributed by atoms with E-state index in [2.05, 4.69) is 5.32 Å². The van der Waals surface area contributed by atoms with Crippen molar-refractivity contribution in [3.63, 3.8) is 0 Å². The molecule has 1 saturated heterocycles. The standard InChI is InChI=1S/C11H13ClFN/c12-10-3-1-2-8(5-10)4-9-6-14-7-11(9)13/h1-3,5,9,11,14H,4,6-7H2. The van der Waals surface area contributed by atoms with Gasteiger partial charge < -0.3 is 5.32 Å². The first-order chi connectivity index (χ1) is 6.75. The summed E-state index contributed by atoms with van der Waals surface area (Å²) in [4.78, 5) is 0. The largest absolute Gasteiger partial charge is 0.313 e. The molecule has 0 radical (unpaired) electrons. The van der Waals surface area contributed by atoms with E-state index in [-0.39, 0.29) is 5.92 Å². The van der Waals surface area contributed by atoms with Crippen LogP contribution in [-0.2, 0) is 6.42 Å². The number of hydrogen-bond acceptors (Lipinski definition) is 1. The van der Waals surface area contributed by atoms with Gasteiger partial charge in [0.2, 0.25) is 0 Å². The van der Waals surface area contributed by atoms with Crippen molar-refractivity contribution in [2.24, 2.45) is 5.92 Å². The molecule has 0 bridgehead atoms. The number of nitrogens with one attached hydrogen (secondary N) is 1. The van der Waals surface area contributed by atoms with Gasteiger partial charge in [-0.25, -0.2) is 4.39 Å². The minimum Gasteiger partial charge on any atom is -0.313 e. The van der Waals surface area contributed by atoms with Gasteiger partial charge in [0.25, 0.3) is 0 Å². The van der Waals surface area contributed by atoms with Crippen molar-refractivity contribution in [2.45, 2.75) is 12.6 Å². The highest BCUT2D eigenvalue weighted by Crippen LogP contribution is 2.20. The maximum Gasteiger partial charge on any atom is 0.117 e. The first-order valence-electron chi connectivity index (χ1n) is 4.85. The van der Waals surface area contributed by atoms with Gasteiger partial charge in [-0.3, -0.25) is 0 Å². The average molecular weight is 214 g/mol. The molecule has 0 aromatic heterocycles. The fourth-order valence-electron chi connectivity index (χ4n) is 1.87. The molecule has 0 saturated carbocycles. The van der Waals surface area contributed by atoms with Crippen molar-refractivity contribution in [1.82, 2.24) is 5.32 Å². The van der Waals surface area contributed by atoms with E-state index in [1.165, 1.54) is 0 Å². The van der Waals surface area contributed by atoms with Crippen molar-refractivity contribution in [3.05, 3.63) is 34.9 Å². The van der Waals surface area contributed by atoms with Crippen LogP contribution in [0.4, 0.5) is 4.39 Å². The first kappa shape index (κ1) is 9.94. The molecular formula is C11H13ClFN. The molecule has 1 aliphatic rings. The normalized spacial score (nSPS) is 26.7. The molecule has 0 amide bonds. The Labute approximate surface area is 88.3 Å². The maximum atomic E-state index is 13.3. The third-order valence-corrected chi connectivity index (χ3v) is 2.88. The van der Waals surface area contributed by atoms with Gasteiger partial charge in [0.15, 0.2) is 0 Å². The Bertz CT molecular complexity index is 316. The predicted molar refractivity (Wildman–Crippen MR) is 56.4 cm³/mol. The Kier molecular flexibility index (Phi) is 3.04. The number of halogens is 2. The van der Waals surface area contributed by atoms with Gasteiger partial charge in [-0.1, -0.05) is 23.7 Å². The summed E-state index contributed by atoms with van der Waals surface area (Å²) in [5.41, 5.74) is 1.12. The second kappa shape index (κ2) is 4.28. The lowest BCUT2D eigenvalue weighted by Gasteiger charge is -2.11. The van der Waals surface area contributed by atoms with E-state index >= 15 is 0 Å². The van der Waals surface area contributed by atoms with Crippen LogP contribution in [0.15, 0.2) is 24.3 Å². The molecule has 1 N–H and O–H groups in total. The van der Waals surface area contributed by atoms with Gasteiger partial charge in [0, 0.05) is 24.0 Å². The summed E-state index contributed by atoms with van der Waals surface area (Å²) >= 11 is 5.86. The highest BCUT2D eigenvalue weighted by molar-refractivity contribution is 6.30. The molecule has 1 aliphatic heterocycles. The Morgan fingerprint density at radius 2 is 2.29 bits per heavy atom. The lowest BCUT2D eigenvalue weighted by molar-refractivity contribution is 0.282. The van der Waals surface area contributed by atoms with Gasteiger partial charge in [0.1, 0.15) is 6.17 Å². The summed E-state index contributed by atoms with van der Waals surface area (Å²) in [6, 6.07) is 7.65. The van der Waals surface area contributed by atoms with Crippen molar-refractivity contribution in [1.29, 1.82) is 0 Å². The SMILES string of the molecule is FC1CNCC1Cc1cccc(Cl)c1. The highest BCUT2D eigenvalue weighted by atomic mass is 35.5. The fraction of sp³-hybridized carbons (Fsp3) is 0.455. The zero-order chi connectivity index (χ0) is 9.97. The quantitative estimate of drug-likeness (QED) is 0.796. The Balaban J connectivity index is 2.03. The molecule has 2 atom stereocenters. The Hall–Kier alpha value is -0.600. The maximum absolute atomic E-state index is 13.3.